The van der Waals surface area contributed by atoms with Crippen LogP contribution < -0.4 is 5.56 Å². The van der Waals surface area contributed by atoms with E-state index in [1.165, 1.54) is 4.68 Å². The second-order valence-electron chi connectivity index (χ2n) is 6.35. The fourth-order valence-electron chi connectivity index (χ4n) is 3.28. The van der Waals surface area contributed by atoms with Gasteiger partial charge in [-0.15, -0.1) is 0 Å². The molecular weight excluding hydrogens is 348 g/mol. The van der Waals surface area contributed by atoms with Crippen molar-refractivity contribution in [1.29, 1.82) is 0 Å². The number of amides is 2. The van der Waals surface area contributed by atoms with Crippen molar-refractivity contribution in [2.75, 3.05) is 32.8 Å². The Balaban J connectivity index is 1.89. The van der Waals surface area contributed by atoms with Crippen molar-refractivity contribution in [2.24, 2.45) is 0 Å². The van der Waals surface area contributed by atoms with Gasteiger partial charge in [-0.3, -0.25) is 9.59 Å². The minimum atomic E-state index is -0.352. The number of aromatic nitrogens is 2. The van der Waals surface area contributed by atoms with E-state index < -0.39 is 0 Å². The van der Waals surface area contributed by atoms with Gasteiger partial charge in [0.05, 0.1) is 12.0 Å². The van der Waals surface area contributed by atoms with Crippen LogP contribution in [-0.2, 0) is 11.3 Å². The van der Waals surface area contributed by atoms with E-state index in [0.717, 1.165) is 0 Å². The minimum Gasteiger partial charge on any atom is -0.450 e. The van der Waals surface area contributed by atoms with Gasteiger partial charge in [-0.1, -0.05) is 18.2 Å². The van der Waals surface area contributed by atoms with Crippen molar-refractivity contribution in [3.63, 3.8) is 0 Å². The molecule has 8 heteroatoms. The zero-order valence-corrected chi connectivity index (χ0v) is 15.7. The van der Waals surface area contributed by atoms with Gasteiger partial charge in [0, 0.05) is 38.1 Å². The number of nitrogens with zero attached hydrogens (tertiary/aromatic N) is 4. The van der Waals surface area contributed by atoms with Gasteiger partial charge in [-0.2, -0.15) is 5.10 Å². The fraction of sp³-hybridized carbons (Fsp3) is 0.474. The van der Waals surface area contributed by atoms with Crippen molar-refractivity contribution in [3.8, 4) is 0 Å². The Kier molecular flexibility index (Phi) is 5.73. The number of hydrogen-bond donors (Lipinski definition) is 0. The SMILES string of the molecule is CCOC(=O)N1CCCN(C(=O)c2nn(CC)c(=O)c3ccccc23)CC1. The number of benzene rings is 1. The Bertz CT molecular complexity index is 908. The van der Waals surface area contributed by atoms with Gasteiger partial charge < -0.3 is 14.5 Å². The highest BCUT2D eigenvalue weighted by Crippen LogP contribution is 2.16. The van der Waals surface area contributed by atoms with E-state index in [1.807, 2.05) is 6.92 Å². The lowest BCUT2D eigenvalue weighted by Crippen LogP contribution is -2.38. The first-order valence-corrected chi connectivity index (χ1v) is 9.27. The standard InChI is InChI=1S/C19H24N4O4/c1-3-23-17(24)15-9-6-5-8-14(15)16(20-23)18(25)21-10-7-11-22(13-12-21)19(26)27-4-2/h5-6,8-9H,3-4,7,10-13H2,1-2H3. The van der Waals surface area contributed by atoms with E-state index in [-0.39, 0.29) is 23.3 Å². The molecule has 1 saturated heterocycles. The van der Waals surface area contributed by atoms with Gasteiger partial charge in [0.25, 0.3) is 11.5 Å². The topological polar surface area (TPSA) is 84.7 Å². The van der Waals surface area contributed by atoms with Gasteiger partial charge in [-0.05, 0) is 26.3 Å². The van der Waals surface area contributed by atoms with E-state index in [0.29, 0.717) is 56.5 Å². The highest BCUT2D eigenvalue weighted by molar-refractivity contribution is 6.04. The lowest BCUT2D eigenvalue weighted by atomic mass is 10.1. The summed E-state index contributed by atoms with van der Waals surface area (Å²) in [5.74, 6) is -0.223. The summed E-state index contributed by atoms with van der Waals surface area (Å²) >= 11 is 0. The molecule has 0 spiro atoms. The summed E-state index contributed by atoms with van der Waals surface area (Å²) in [6.45, 7) is 6.19. The van der Waals surface area contributed by atoms with Crippen LogP contribution in [0.1, 0.15) is 30.8 Å². The Morgan fingerprint density at radius 3 is 2.41 bits per heavy atom. The lowest BCUT2D eigenvalue weighted by molar-refractivity contribution is 0.0747. The van der Waals surface area contributed by atoms with Crippen molar-refractivity contribution >= 4 is 22.8 Å². The second kappa shape index (κ2) is 8.20. The molecule has 2 amide bonds. The van der Waals surface area contributed by atoms with Crippen LogP contribution in [0.5, 0.6) is 0 Å². The maximum atomic E-state index is 13.2. The molecule has 27 heavy (non-hydrogen) atoms. The Morgan fingerprint density at radius 2 is 1.70 bits per heavy atom. The molecule has 1 aromatic carbocycles. The second-order valence-corrected chi connectivity index (χ2v) is 6.35. The summed E-state index contributed by atoms with van der Waals surface area (Å²) in [7, 11) is 0. The van der Waals surface area contributed by atoms with Crippen LogP contribution in [0, 0.1) is 0 Å². The van der Waals surface area contributed by atoms with Crippen molar-refractivity contribution in [2.45, 2.75) is 26.8 Å². The quantitative estimate of drug-likeness (QED) is 0.819. The van der Waals surface area contributed by atoms with Gasteiger partial charge in [0.15, 0.2) is 5.69 Å². The molecule has 1 fully saturated rings. The van der Waals surface area contributed by atoms with Crippen molar-refractivity contribution in [3.05, 3.63) is 40.3 Å². The van der Waals surface area contributed by atoms with E-state index in [9.17, 15) is 14.4 Å². The molecule has 1 aromatic heterocycles. The maximum absolute atomic E-state index is 13.2. The Hall–Kier alpha value is -2.90. The predicted molar refractivity (Wildman–Crippen MR) is 101 cm³/mol. The van der Waals surface area contributed by atoms with Gasteiger partial charge in [-0.25, -0.2) is 9.48 Å². The van der Waals surface area contributed by atoms with Crippen LogP contribution in [0.4, 0.5) is 4.79 Å². The smallest absolute Gasteiger partial charge is 0.409 e. The summed E-state index contributed by atoms with van der Waals surface area (Å²) < 4.78 is 6.37. The number of ether oxygens (including phenoxy) is 1. The van der Waals surface area contributed by atoms with Crippen molar-refractivity contribution in [1.82, 2.24) is 19.6 Å². The zero-order valence-electron chi connectivity index (χ0n) is 15.7. The number of carbonyl (C=O) groups excluding carboxylic acids is 2. The number of rotatable bonds is 3. The van der Waals surface area contributed by atoms with Crippen LogP contribution in [0.25, 0.3) is 10.8 Å². The first-order valence-electron chi connectivity index (χ1n) is 9.27. The molecule has 8 nitrogen and oxygen atoms in total. The van der Waals surface area contributed by atoms with Gasteiger partial charge >= 0.3 is 6.09 Å². The third-order valence-electron chi connectivity index (χ3n) is 4.68. The molecule has 0 bridgehead atoms. The molecule has 0 saturated carbocycles. The van der Waals surface area contributed by atoms with Crippen LogP contribution in [0.2, 0.25) is 0 Å². The number of fused-ring (bicyclic) bond motifs is 1. The predicted octanol–water partition coefficient (Wildman–Crippen LogP) is 1.72. The van der Waals surface area contributed by atoms with Crippen molar-refractivity contribution < 1.29 is 14.3 Å². The molecule has 1 aliphatic rings. The molecule has 0 N–H and O–H groups in total. The fourth-order valence-corrected chi connectivity index (χ4v) is 3.28. The molecule has 2 aromatic rings. The first kappa shape index (κ1) is 18.9. The van der Waals surface area contributed by atoms with E-state index >= 15 is 0 Å². The molecule has 0 aliphatic carbocycles. The van der Waals surface area contributed by atoms with E-state index in [1.54, 1.807) is 41.0 Å². The summed E-state index contributed by atoms with van der Waals surface area (Å²) in [5.41, 5.74) is 0.0747. The summed E-state index contributed by atoms with van der Waals surface area (Å²) in [6.07, 6.45) is 0.311. The van der Waals surface area contributed by atoms with Crippen LogP contribution in [-0.4, -0.2) is 64.4 Å². The third kappa shape index (κ3) is 3.79. The molecule has 0 unspecified atom stereocenters. The average Bonchev–Trinajstić information content (AvgIpc) is 2.94. The molecular formula is C19H24N4O4. The number of aryl methyl sites for hydroxylation is 1. The van der Waals surface area contributed by atoms with E-state index in [4.69, 9.17) is 4.74 Å². The monoisotopic (exact) mass is 372 g/mol. The minimum absolute atomic E-state index is 0.200. The summed E-state index contributed by atoms with van der Waals surface area (Å²) in [4.78, 5) is 40.9. The molecule has 1 aliphatic heterocycles. The van der Waals surface area contributed by atoms with Crippen LogP contribution >= 0.6 is 0 Å². The third-order valence-corrected chi connectivity index (χ3v) is 4.68. The highest BCUT2D eigenvalue weighted by atomic mass is 16.6. The van der Waals surface area contributed by atoms with Gasteiger partial charge in [0.1, 0.15) is 0 Å². The Labute approximate surface area is 157 Å². The largest absolute Gasteiger partial charge is 0.450 e. The van der Waals surface area contributed by atoms with Gasteiger partial charge in [0.2, 0.25) is 0 Å². The average molecular weight is 372 g/mol. The lowest BCUT2D eigenvalue weighted by Gasteiger charge is -2.22. The maximum Gasteiger partial charge on any atom is 0.409 e. The number of hydrogen-bond acceptors (Lipinski definition) is 5. The Morgan fingerprint density at radius 1 is 1.04 bits per heavy atom. The molecule has 144 valence electrons. The summed E-state index contributed by atoms with van der Waals surface area (Å²) in [5, 5.41) is 5.36. The normalized spacial score (nSPS) is 14.9. The molecule has 0 radical (unpaired) electrons. The molecule has 0 atom stereocenters. The molecule has 3 rings (SSSR count). The summed E-state index contributed by atoms with van der Waals surface area (Å²) in [6, 6.07) is 7.04. The number of carbonyl (C=O) groups is 2. The van der Waals surface area contributed by atoms with Crippen LogP contribution in [0.3, 0.4) is 0 Å². The highest BCUT2D eigenvalue weighted by Gasteiger charge is 2.26. The first-order chi connectivity index (χ1) is 13.1. The zero-order chi connectivity index (χ0) is 19.4. The van der Waals surface area contributed by atoms with Crippen LogP contribution in [0.15, 0.2) is 29.1 Å². The van der Waals surface area contributed by atoms with E-state index in [2.05, 4.69) is 5.10 Å². The molecule has 2 heterocycles.